The summed E-state index contributed by atoms with van der Waals surface area (Å²) in [7, 11) is 0. The molecule has 1 saturated carbocycles. The number of carbonyl (C=O) groups excluding carboxylic acids is 1. The standard InChI is InChI=1S/C19H27ClN6O/c1-3-25(4-2)16(27)13-8-9-14(20)15(12-13)26-18(22)23-17(21)24-19(26)10-6-5-7-11-19/h8-9,12H,3-7,10-11H2,1-2H3,(H4,21,22,23,24). The van der Waals surface area contributed by atoms with Crippen molar-refractivity contribution in [2.75, 3.05) is 18.0 Å². The minimum atomic E-state index is -0.589. The van der Waals surface area contributed by atoms with E-state index in [1.54, 1.807) is 23.1 Å². The highest BCUT2D eigenvalue weighted by atomic mass is 35.5. The molecule has 1 heterocycles. The SMILES string of the molecule is CCN(CC)C(=O)c1ccc(Cl)c(N2C(N)=NC(N)=NC23CCCCC3)c1. The third-order valence-corrected chi connectivity index (χ3v) is 5.66. The third-order valence-electron chi connectivity index (χ3n) is 5.34. The lowest BCUT2D eigenvalue weighted by molar-refractivity contribution is 0.0773. The van der Waals surface area contributed by atoms with E-state index in [1.165, 1.54) is 0 Å². The topological polar surface area (TPSA) is 100 Å². The molecule has 1 amide bonds. The first kappa shape index (κ1) is 19.5. The number of rotatable bonds is 4. The summed E-state index contributed by atoms with van der Waals surface area (Å²) in [6.45, 7) is 5.21. The summed E-state index contributed by atoms with van der Waals surface area (Å²) in [5, 5.41) is 0.505. The zero-order valence-electron chi connectivity index (χ0n) is 15.9. The third kappa shape index (κ3) is 3.60. The largest absolute Gasteiger partial charge is 0.369 e. The first-order chi connectivity index (χ1) is 12.9. The van der Waals surface area contributed by atoms with Gasteiger partial charge in [0.15, 0.2) is 0 Å². The summed E-state index contributed by atoms with van der Waals surface area (Å²) in [4.78, 5) is 25.3. The van der Waals surface area contributed by atoms with Crippen molar-refractivity contribution in [3.8, 4) is 0 Å². The summed E-state index contributed by atoms with van der Waals surface area (Å²) in [6, 6.07) is 5.27. The van der Waals surface area contributed by atoms with Crippen molar-refractivity contribution in [3.63, 3.8) is 0 Å². The molecule has 0 saturated heterocycles. The minimum Gasteiger partial charge on any atom is -0.369 e. The maximum absolute atomic E-state index is 12.8. The van der Waals surface area contributed by atoms with Crippen molar-refractivity contribution in [1.29, 1.82) is 0 Å². The van der Waals surface area contributed by atoms with Crippen LogP contribution in [0.3, 0.4) is 0 Å². The molecule has 0 unspecified atom stereocenters. The molecule has 1 fully saturated rings. The van der Waals surface area contributed by atoms with Crippen LogP contribution in [-0.2, 0) is 0 Å². The van der Waals surface area contributed by atoms with Crippen LogP contribution in [0.4, 0.5) is 5.69 Å². The van der Waals surface area contributed by atoms with E-state index >= 15 is 0 Å². The van der Waals surface area contributed by atoms with Crippen LogP contribution >= 0.6 is 11.6 Å². The van der Waals surface area contributed by atoms with Gasteiger partial charge in [-0.1, -0.05) is 18.0 Å². The van der Waals surface area contributed by atoms with Crippen LogP contribution < -0.4 is 16.4 Å². The number of amides is 1. The van der Waals surface area contributed by atoms with Crippen LogP contribution in [0, 0.1) is 0 Å². The number of nitrogens with zero attached hydrogens (tertiary/aromatic N) is 4. The molecule has 8 heteroatoms. The molecule has 4 N–H and O–H groups in total. The predicted octanol–water partition coefficient (Wildman–Crippen LogP) is 2.93. The lowest BCUT2D eigenvalue weighted by atomic mass is 9.87. The number of guanidine groups is 2. The first-order valence-electron chi connectivity index (χ1n) is 9.50. The second kappa shape index (κ2) is 7.76. The molecule has 0 atom stereocenters. The van der Waals surface area contributed by atoms with Crippen molar-refractivity contribution in [3.05, 3.63) is 28.8 Å². The Bertz CT molecular complexity index is 780. The molecule has 0 radical (unpaired) electrons. The fraction of sp³-hybridized carbons (Fsp3) is 0.526. The quantitative estimate of drug-likeness (QED) is 0.825. The number of benzene rings is 1. The van der Waals surface area contributed by atoms with Crippen LogP contribution in [0.25, 0.3) is 0 Å². The second-order valence-corrected chi connectivity index (χ2v) is 7.37. The van der Waals surface area contributed by atoms with Crippen molar-refractivity contribution in [2.45, 2.75) is 51.6 Å². The van der Waals surface area contributed by atoms with E-state index in [1.807, 2.05) is 18.7 Å². The first-order valence-corrected chi connectivity index (χ1v) is 9.88. The molecule has 2 aliphatic rings. The smallest absolute Gasteiger partial charge is 0.253 e. The Morgan fingerprint density at radius 1 is 1.22 bits per heavy atom. The van der Waals surface area contributed by atoms with Gasteiger partial charge in [0.1, 0.15) is 5.66 Å². The highest BCUT2D eigenvalue weighted by Crippen LogP contribution is 2.42. The number of carbonyl (C=O) groups is 1. The maximum atomic E-state index is 12.8. The van der Waals surface area contributed by atoms with Gasteiger partial charge in [0.25, 0.3) is 5.91 Å². The monoisotopic (exact) mass is 390 g/mol. The Morgan fingerprint density at radius 3 is 2.52 bits per heavy atom. The van der Waals surface area contributed by atoms with Crippen molar-refractivity contribution >= 4 is 35.1 Å². The molecule has 1 spiro atoms. The molecule has 0 bridgehead atoms. The maximum Gasteiger partial charge on any atom is 0.253 e. The molecule has 3 rings (SSSR count). The highest BCUT2D eigenvalue weighted by Gasteiger charge is 2.43. The normalized spacial score (nSPS) is 18.9. The van der Waals surface area contributed by atoms with Gasteiger partial charge in [0.2, 0.25) is 11.9 Å². The number of hydrogen-bond donors (Lipinski definition) is 2. The fourth-order valence-electron chi connectivity index (χ4n) is 3.98. The molecule has 7 nitrogen and oxygen atoms in total. The Hall–Kier alpha value is -2.28. The Kier molecular flexibility index (Phi) is 5.60. The Labute approximate surface area is 165 Å². The fourth-order valence-corrected chi connectivity index (χ4v) is 4.18. The number of anilines is 1. The van der Waals surface area contributed by atoms with Gasteiger partial charge < -0.3 is 16.4 Å². The van der Waals surface area contributed by atoms with E-state index in [4.69, 9.17) is 23.1 Å². The van der Waals surface area contributed by atoms with Gasteiger partial charge >= 0.3 is 0 Å². The van der Waals surface area contributed by atoms with E-state index in [2.05, 4.69) is 9.98 Å². The van der Waals surface area contributed by atoms with Crippen LogP contribution in [0.1, 0.15) is 56.3 Å². The van der Waals surface area contributed by atoms with E-state index < -0.39 is 5.66 Å². The average Bonchev–Trinajstić information content (AvgIpc) is 2.64. The number of halogens is 1. The Balaban J connectivity index is 2.07. The van der Waals surface area contributed by atoms with Crippen LogP contribution in [0.15, 0.2) is 28.2 Å². The lowest BCUT2D eigenvalue weighted by Crippen LogP contribution is -2.58. The van der Waals surface area contributed by atoms with Gasteiger partial charge in [-0.25, -0.2) is 4.99 Å². The van der Waals surface area contributed by atoms with Gasteiger partial charge in [-0.05, 0) is 57.7 Å². The number of aliphatic imine (C=N–C) groups is 2. The van der Waals surface area contributed by atoms with Crippen molar-refractivity contribution in [2.24, 2.45) is 21.5 Å². The number of hydrogen-bond acceptors (Lipinski definition) is 6. The average molecular weight is 391 g/mol. The molecular formula is C19H27ClN6O. The predicted molar refractivity (Wildman–Crippen MR) is 110 cm³/mol. The number of nitrogens with two attached hydrogens (primary N) is 2. The van der Waals surface area contributed by atoms with Crippen LogP contribution in [0.2, 0.25) is 5.02 Å². The minimum absolute atomic E-state index is 0.0360. The van der Waals surface area contributed by atoms with Gasteiger partial charge in [-0.15, -0.1) is 0 Å². The molecule has 1 aliphatic carbocycles. The molecule has 146 valence electrons. The van der Waals surface area contributed by atoms with E-state index in [9.17, 15) is 4.79 Å². The molecule has 1 aliphatic heterocycles. The zero-order valence-corrected chi connectivity index (χ0v) is 16.7. The Morgan fingerprint density at radius 2 is 1.89 bits per heavy atom. The van der Waals surface area contributed by atoms with E-state index in [0.717, 1.165) is 32.1 Å². The summed E-state index contributed by atoms with van der Waals surface area (Å²) in [5.41, 5.74) is 12.8. The van der Waals surface area contributed by atoms with Gasteiger partial charge in [-0.2, -0.15) is 4.99 Å². The van der Waals surface area contributed by atoms with Gasteiger partial charge in [0.05, 0.1) is 10.7 Å². The van der Waals surface area contributed by atoms with Gasteiger partial charge in [-0.3, -0.25) is 9.69 Å². The lowest BCUT2D eigenvalue weighted by Gasteiger charge is -2.46. The molecule has 1 aromatic rings. The van der Waals surface area contributed by atoms with Crippen molar-refractivity contribution in [1.82, 2.24) is 4.90 Å². The second-order valence-electron chi connectivity index (χ2n) is 6.96. The van der Waals surface area contributed by atoms with E-state index in [-0.39, 0.29) is 17.8 Å². The highest BCUT2D eigenvalue weighted by molar-refractivity contribution is 6.34. The summed E-state index contributed by atoms with van der Waals surface area (Å²) < 4.78 is 0. The zero-order chi connectivity index (χ0) is 19.6. The van der Waals surface area contributed by atoms with E-state index in [0.29, 0.717) is 29.4 Å². The van der Waals surface area contributed by atoms with Crippen LogP contribution in [-0.4, -0.2) is 41.5 Å². The summed E-state index contributed by atoms with van der Waals surface area (Å²) in [6.07, 6.45) is 4.83. The molecule has 1 aromatic carbocycles. The van der Waals surface area contributed by atoms with Crippen LogP contribution in [0.5, 0.6) is 0 Å². The molecule has 27 heavy (non-hydrogen) atoms. The summed E-state index contributed by atoms with van der Waals surface area (Å²) >= 11 is 6.53. The molecule has 0 aromatic heterocycles. The van der Waals surface area contributed by atoms with Gasteiger partial charge in [0, 0.05) is 18.7 Å². The molecular weight excluding hydrogens is 364 g/mol. The van der Waals surface area contributed by atoms with Crippen molar-refractivity contribution < 1.29 is 4.79 Å². The summed E-state index contributed by atoms with van der Waals surface area (Å²) in [5.74, 6) is 0.419.